The van der Waals surface area contributed by atoms with Crippen LogP contribution >= 0.6 is 11.6 Å². The van der Waals surface area contributed by atoms with Gasteiger partial charge in [0.2, 0.25) is 0 Å². The molecule has 0 radical (unpaired) electrons. The van der Waals surface area contributed by atoms with Crippen molar-refractivity contribution in [1.29, 1.82) is 0 Å². The maximum atomic E-state index is 12.8. The Morgan fingerprint density at radius 2 is 1.89 bits per heavy atom. The average molecular weight is 400 g/mol. The Kier molecular flexibility index (Phi) is 5.99. The molecule has 0 aromatic heterocycles. The minimum absolute atomic E-state index is 0.237. The molecule has 2 aromatic rings. The first-order valence-electron chi connectivity index (χ1n) is 9.37. The van der Waals surface area contributed by atoms with Gasteiger partial charge in [-0.05, 0) is 68.1 Å². The molecular formula is C23H26ClNO3. The predicted octanol–water partition coefficient (Wildman–Crippen LogP) is 5.90. The van der Waals surface area contributed by atoms with E-state index < -0.39 is 5.60 Å². The molecule has 0 bridgehead atoms. The van der Waals surface area contributed by atoms with Crippen molar-refractivity contribution in [2.75, 3.05) is 13.7 Å². The fourth-order valence-electron chi connectivity index (χ4n) is 3.27. The highest BCUT2D eigenvalue weighted by molar-refractivity contribution is 6.30. The van der Waals surface area contributed by atoms with E-state index in [1.807, 2.05) is 75.4 Å². The molecule has 0 saturated heterocycles. The number of hydrogen-bond donors (Lipinski definition) is 0. The molecule has 1 aliphatic rings. The lowest BCUT2D eigenvalue weighted by molar-refractivity contribution is 0.0185. The van der Waals surface area contributed by atoms with Gasteiger partial charge >= 0.3 is 6.09 Å². The molecule has 148 valence electrons. The number of halogens is 1. The van der Waals surface area contributed by atoms with Crippen LogP contribution in [0.15, 0.2) is 48.5 Å². The van der Waals surface area contributed by atoms with Crippen molar-refractivity contribution in [1.82, 2.24) is 4.90 Å². The Balaban J connectivity index is 1.93. The topological polar surface area (TPSA) is 38.8 Å². The van der Waals surface area contributed by atoms with Crippen LogP contribution in [0.4, 0.5) is 4.79 Å². The highest BCUT2D eigenvalue weighted by Gasteiger charge is 2.32. The molecule has 0 N–H and O–H groups in total. The number of carbonyl (C=O) groups is 1. The number of nitrogens with zero attached hydrogens (tertiary/aromatic N) is 1. The molecule has 0 aliphatic carbocycles. The molecule has 0 fully saturated rings. The summed E-state index contributed by atoms with van der Waals surface area (Å²) in [5, 5.41) is 0.660. The smallest absolute Gasteiger partial charge is 0.411 e. The highest BCUT2D eigenvalue weighted by atomic mass is 35.5. The molecule has 5 heteroatoms. The first-order chi connectivity index (χ1) is 13.3. The number of amides is 1. The van der Waals surface area contributed by atoms with Gasteiger partial charge in [0.25, 0.3) is 0 Å². The van der Waals surface area contributed by atoms with Crippen LogP contribution in [-0.4, -0.2) is 30.2 Å². The van der Waals surface area contributed by atoms with E-state index in [-0.39, 0.29) is 12.1 Å². The number of fused-ring (bicyclic) bond motifs is 1. The fourth-order valence-corrected chi connectivity index (χ4v) is 3.45. The van der Waals surface area contributed by atoms with Crippen LogP contribution in [0.25, 0.3) is 6.08 Å². The summed E-state index contributed by atoms with van der Waals surface area (Å²) in [4.78, 5) is 14.6. The Labute approximate surface area is 171 Å². The zero-order valence-electron chi connectivity index (χ0n) is 16.7. The predicted molar refractivity (Wildman–Crippen MR) is 113 cm³/mol. The summed E-state index contributed by atoms with van der Waals surface area (Å²) in [6.07, 6.45) is 4.50. The summed E-state index contributed by atoms with van der Waals surface area (Å²) in [7, 11) is 1.65. The molecular weight excluding hydrogens is 374 g/mol. The minimum atomic E-state index is -0.546. The summed E-state index contributed by atoms with van der Waals surface area (Å²) in [5.41, 5.74) is 2.72. The number of hydrogen-bond acceptors (Lipinski definition) is 3. The van der Waals surface area contributed by atoms with Crippen molar-refractivity contribution in [3.05, 3.63) is 70.3 Å². The third-order valence-corrected chi connectivity index (χ3v) is 4.83. The standard InChI is InChI=1S/C23H26ClNO3/c1-23(2,3)28-22(26)25-14-13-17-8-9-18(24)15-20(17)21(25)12-7-16-5-10-19(27-4)11-6-16/h5-12,15,21H,13-14H2,1-4H3/b12-7+/t21-/m1/s1. The van der Waals surface area contributed by atoms with E-state index in [2.05, 4.69) is 0 Å². The van der Waals surface area contributed by atoms with Crippen molar-refractivity contribution >= 4 is 23.8 Å². The molecule has 1 amide bonds. The normalized spacial score (nSPS) is 16.8. The Morgan fingerprint density at radius 1 is 1.18 bits per heavy atom. The molecule has 2 aromatic carbocycles. The summed E-state index contributed by atoms with van der Waals surface area (Å²) in [5.74, 6) is 0.808. The second-order valence-electron chi connectivity index (χ2n) is 7.84. The number of benzene rings is 2. The van der Waals surface area contributed by atoms with Gasteiger partial charge in [0.15, 0.2) is 0 Å². The van der Waals surface area contributed by atoms with Gasteiger partial charge in [-0.1, -0.05) is 42.0 Å². The molecule has 4 nitrogen and oxygen atoms in total. The fraction of sp³-hybridized carbons (Fsp3) is 0.348. The van der Waals surface area contributed by atoms with Crippen LogP contribution < -0.4 is 4.74 Å². The van der Waals surface area contributed by atoms with Crippen molar-refractivity contribution in [3.8, 4) is 5.75 Å². The second-order valence-corrected chi connectivity index (χ2v) is 8.28. The SMILES string of the molecule is COc1ccc(/C=C/[C@@H]2c3cc(Cl)ccc3CCN2C(=O)OC(C)(C)C)cc1. The molecule has 28 heavy (non-hydrogen) atoms. The van der Waals surface area contributed by atoms with Crippen molar-refractivity contribution in [3.63, 3.8) is 0 Å². The van der Waals surface area contributed by atoms with Crippen molar-refractivity contribution in [2.24, 2.45) is 0 Å². The van der Waals surface area contributed by atoms with E-state index in [1.165, 1.54) is 5.56 Å². The first kappa shape index (κ1) is 20.3. The summed E-state index contributed by atoms with van der Waals surface area (Å²) in [6.45, 7) is 6.23. The summed E-state index contributed by atoms with van der Waals surface area (Å²) in [6, 6.07) is 13.4. The van der Waals surface area contributed by atoms with Crippen LogP contribution in [0.5, 0.6) is 5.75 Å². The maximum absolute atomic E-state index is 12.8. The number of ether oxygens (including phenoxy) is 2. The van der Waals surface area contributed by atoms with E-state index in [0.717, 1.165) is 23.3 Å². The molecule has 1 aliphatic heterocycles. The highest BCUT2D eigenvalue weighted by Crippen LogP contribution is 2.34. The maximum Gasteiger partial charge on any atom is 0.411 e. The first-order valence-corrected chi connectivity index (χ1v) is 9.75. The van der Waals surface area contributed by atoms with Gasteiger partial charge in [-0.3, -0.25) is 4.90 Å². The average Bonchev–Trinajstić information content (AvgIpc) is 2.65. The van der Waals surface area contributed by atoms with Crippen LogP contribution in [-0.2, 0) is 11.2 Å². The lowest BCUT2D eigenvalue weighted by Crippen LogP contribution is -2.42. The molecule has 3 rings (SSSR count). The number of rotatable bonds is 3. The monoisotopic (exact) mass is 399 g/mol. The van der Waals surface area contributed by atoms with Gasteiger partial charge in [-0.25, -0.2) is 4.79 Å². The van der Waals surface area contributed by atoms with Gasteiger partial charge in [0, 0.05) is 11.6 Å². The third-order valence-electron chi connectivity index (χ3n) is 4.60. The van der Waals surface area contributed by atoms with Gasteiger partial charge in [-0.2, -0.15) is 0 Å². The van der Waals surface area contributed by atoms with Crippen molar-refractivity contribution < 1.29 is 14.3 Å². The summed E-state index contributed by atoms with van der Waals surface area (Å²) < 4.78 is 10.8. The minimum Gasteiger partial charge on any atom is -0.497 e. The molecule has 0 spiro atoms. The largest absolute Gasteiger partial charge is 0.497 e. The van der Waals surface area contributed by atoms with Crippen LogP contribution in [0, 0.1) is 0 Å². The lowest BCUT2D eigenvalue weighted by atomic mass is 9.92. The zero-order chi connectivity index (χ0) is 20.3. The van der Waals surface area contributed by atoms with E-state index >= 15 is 0 Å². The molecule has 0 saturated carbocycles. The number of carbonyl (C=O) groups excluding carboxylic acids is 1. The van der Waals surface area contributed by atoms with Crippen LogP contribution in [0.1, 0.15) is 43.5 Å². The van der Waals surface area contributed by atoms with Gasteiger partial charge in [0.1, 0.15) is 11.4 Å². The Hall–Kier alpha value is -2.46. The van der Waals surface area contributed by atoms with Gasteiger partial charge in [-0.15, -0.1) is 0 Å². The van der Waals surface area contributed by atoms with E-state index in [4.69, 9.17) is 21.1 Å². The third kappa shape index (κ3) is 4.87. The lowest BCUT2D eigenvalue weighted by Gasteiger charge is -2.37. The second kappa shape index (κ2) is 8.27. The summed E-state index contributed by atoms with van der Waals surface area (Å²) >= 11 is 6.25. The Morgan fingerprint density at radius 3 is 2.54 bits per heavy atom. The molecule has 0 unspecified atom stereocenters. The van der Waals surface area contributed by atoms with Crippen LogP contribution in [0.3, 0.4) is 0 Å². The molecule has 1 heterocycles. The van der Waals surface area contributed by atoms with E-state index in [1.54, 1.807) is 12.0 Å². The van der Waals surface area contributed by atoms with Crippen LogP contribution in [0.2, 0.25) is 5.02 Å². The van der Waals surface area contributed by atoms with Crippen molar-refractivity contribution in [2.45, 2.75) is 38.8 Å². The van der Waals surface area contributed by atoms with Gasteiger partial charge in [0.05, 0.1) is 13.2 Å². The Bertz CT molecular complexity index is 868. The quantitative estimate of drug-likeness (QED) is 0.645. The van der Waals surface area contributed by atoms with Gasteiger partial charge < -0.3 is 9.47 Å². The zero-order valence-corrected chi connectivity index (χ0v) is 17.5. The van der Waals surface area contributed by atoms with E-state index in [9.17, 15) is 4.79 Å². The number of methoxy groups -OCH3 is 1. The van der Waals surface area contributed by atoms with E-state index in [0.29, 0.717) is 11.6 Å². The molecule has 1 atom stereocenters.